The van der Waals surface area contributed by atoms with E-state index in [0.29, 0.717) is 5.92 Å². The molecule has 0 bridgehead atoms. The standard InChI is InChI=1S/C18H29NO.ClH/c1-3-16(19)12-14-10-11-18(20-4-2)17(13-14)15-8-6-5-7-9-15;/h10-11,13,15-16H,3-9,12,19H2,1-2H3;1H. The molecule has 2 N–H and O–H groups in total. The highest BCUT2D eigenvalue weighted by atomic mass is 35.5. The third-order valence-electron chi connectivity index (χ3n) is 4.44. The van der Waals surface area contributed by atoms with Crippen LogP contribution in [0, 0.1) is 0 Å². The first kappa shape index (κ1) is 18.3. The lowest BCUT2D eigenvalue weighted by Crippen LogP contribution is -2.21. The fourth-order valence-corrected chi connectivity index (χ4v) is 3.19. The molecule has 1 aromatic rings. The minimum atomic E-state index is 0. The third-order valence-corrected chi connectivity index (χ3v) is 4.44. The second-order valence-corrected chi connectivity index (χ2v) is 6.01. The van der Waals surface area contributed by atoms with Gasteiger partial charge < -0.3 is 10.5 Å². The maximum absolute atomic E-state index is 6.10. The van der Waals surface area contributed by atoms with Crippen molar-refractivity contribution in [1.29, 1.82) is 0 Å². The predicted molar refractivity (Wildman–Crippen MR) is 92.7 cm³/mol. The smallest absolute Gasteiger partial charge is 0.122 e. The van der Waals surface area contributed by atoms with E-state index in [4.69, 9.17) is 10.5 Å². The summed E-state index contributed by atoms with van der Waals surface area (Å²) in [6.45, 7) is 4.96. The van der Waals surface area contributed by atoms with Crippen molar-refractivity contribution < 1.29 is 4.74 Å². The van der Waals surface area contributed by atoms with Crippen LogP contribution in [0.15, 0.2) is 18.2 Å². The van der Waals surface area contributed by atoms with Gasteiger partial charge in [-0.2, -0.15) is 0 Å². The van der Waals surface area contributed by atoms with Crippen LogP contribution < -0.4 is 10.5 Å². The van der Waals surface area contributed by atoms with Gasteiger partial charge in [-0.1, -0.05) is 38.3 Å². The van der Waals surface area contributed by atoms with Crippen LogP contribution in [0.4, 0.5) is 0 Å². The van der Waals surface area contributed by atoms with Gasteiger partial charge in [0.15, 0.2) is 0 Å². The monoisotopic (exact) mass is 311 g/mol. The van der Waals surface area contributed by atoms with Gasteiger partial charge >= 0.3 is 0 Å². The van der Waals surface area contributed by atoms with Gasteiger partial charge in [-0.3, -0.25) is 0 Å². The van der Waals surface area contributed by atoms with E-state index in [2.05, 4.69) is 32.0 Å². The van der Waals surface area contributed by atoms with E-state index in [1.165, 1.54) is 43.2 Å². The number of ether oxygens (including phenoxy) is 1. The summed E-state index contributed by atoms with van der Waals surface area (Å²) in [5.74, 6) is 1.77. The highest BCUT2D eigenvalue weighted by Crippen LogP contribution is 2.38. The summed E-state index contributed by atoms with van der Waals surface area (Å²) in [6, 6.07) is 6.97. The van der Waals surface area contributed by atoms with E-state index in [0.717, 1.165) is 25.2 Å². The van der Waals surface area contributed by atoms with Crippen molar-refractivity contribution >= 4 is 12.4 Å². The van der Waals surface area contributed by atoms with Gasteiger partial charge in [0.25, 0.3) is 0 Å². The first-order valence-corrected chi connectivity index (χ1v) is 8.25. The van der Waals surface area contributed by atoms with Crippen LogP contribution in [-0.4, -0.2) is 12.6 Å². The molecule has 0 spiro atoms. The summed E-state index contributed by atoms with van der Waals surface area (Å²) in [5.41, 5.74) is 8.89. The number of nitrogens with two attached hydrogens (primary N) is 1. The zero-order chi connectivity index (χ0) is 14.4. The summed E-state index contributed by atoms with van der Waals surface area (Å²) in [5, 5.41) is 0. The molecule has 1 fully saturated rings. The second-order valence-electron chi connectivity index (χ2n) is 6.01. The highest BCUT2D eigenvalue weighted by molar-refractivity contribution is 5.85. The molecule has 1 aliphatic rings. The molecular weight excluding hydrogens is 282 g/mol. The van der Waals surface area contributed by atoms with Crippen LogP contribution in [0.1, 0.15) is 69.4 Å². The van der Waals surface area contributed by atoms with E-state index in [1.807, 2.05) is 0 Å². The first-order chi connectivity index (χ1) is 9.74. The summed E-state index contributed by atoms with van der Waals surface area (Å²) in [4.78, 5) is 0. The first-order valence-electron chi connectivity index (χ1n) is 8.25. The van der Waals surface area contributed by atoms with E-state index >= 15 is 0 Å². The zero-order valence-corrected chi connectivity index (χ0v) is 14.3. The Morgan fingerprint density at radius 3 is 2.52 bits per heavy atom. The third kappa shape index (κ3) is 5.19. The number of hydrogen-bond acceptors (Lipinski definition) is 2. The molecule has 1 aliphatic carbocycles. The molecule has 0 aromatic heterocycles. The predicted octanol–water partition coefficient (Wildman–Crippen LogP) is 4.83. The Labute approximate surface area is 135 Å². The Bertz CT molecular complexity index is 416. The topological polar surface area (TPSA) is 35.2 Å². The molecule has 2 rings (SSSR count). The van der Waals surface area contributed by atoms with Gasteiger partial charge in [0.05, 0.1) is 6.61 Å². The fourth-order valence-electron chi connectivity index (χ4n) is 3.19. The number of benzene rings is 1. The van der Waals surface area contributed by atoms with Crippen LogP contribution in [0.3, 0.4) is 0 Å². The second kappa shape index (κ2) is 9.32. The average Bonchev–Trinajstić information content (AvgIpc) is 2.50. The Hall–Kier alpha value is -0.730. The molecule has 0 aliphatic heterocycles. The molecule has 0 heterocycles. The maximum Gasteiger partial charge on any atom is 0.122 e. The molecule has 0 saturated heterocycles. The molecule has 1 unspecified atom stereocenters. The highest BCUT2D eigenvalue weighted by Gasteiger charge is 2.20. The summed E-state index contributed by atoms with van der Waals surface area (Å²) < 4.78 is 5.85. The largest absolute Gasteiger partial charge is 0.494 e. The molecule has 0 amide bonds. The van der Waals surface area contributed by atoms with E-state index in [9.17, 15) is 0 Å². The van der Waals surface area contributed by atoms with Crippen molar-refractivity contribution in [2.24, 2.45) is 5.73 Å². The van der Waals surface area contributed by atoms with Gasteiger partial charge in [-0.15, -0.1) is 12.4 Å². The quantitative estimate of drug-likeness (QED) is 0.816. The van der Waals surface area contributed by atoms with Crippen LogP contribution in [0.5, 0.6) is 5.75 Å². The summed E-state index contributed by atoms with van der Waals surface area (Å²) in [7, 11) is 0. The summed E-state index contributed by atoms with van der Waals surface area (Å²) in [6.07, 6.45) is 8.73. The lowest BCUT2D eigenvalue weighted by atomic mass is 9.82. The minimum Gasteiger partial charge on any atom is -0.494 e. The Morgan fingerprint density at radius 2 is 1.90 bits per heavy atom. The van der Waals surface area contributed by atoms with E-state index in [1.54, 1.807) is 0 Å². The fraction of sp³-hybridized carbons (Fsp3) is 0.667. The van der Waals surface area contributed by atoms with Crippen LogP contribution in [-0.2, 0) is 6.42 Å². The van der Waals surface area contributed by atoms with E-state index in [-0.39, 0.29) is 18.4 Å². The van der Waals surface area contributed by atoms with Gasteiger partial charge in [0, 0.05) is 6.04 Å². The lowest BCUT2D eigenvalue weighted by Gasteiger charge is -2.25. The van der Waals surface area contributed by atoms with Crippen molar-refractivity contribution in [3.63, 3.8) is 0 Å². The van der Waals surface area contributed by atoms with Gasteiger partial charge in [0.2, 0.25) is 0 Å². The van der Waals surface area contributed by atoms with E-state index < -0.39 is 0 Å². The zero-order valence-electron chi connectivity index (χ0n) is 13.4. The molecule has 1 saturated carbocycles. The van der Waals surface area contributed by atoms with Crippen molar-refractivity contribution in [2.45, 2.75) is 70.8 Å². The van der Waals surface area contributed by atoms with Crippen molar-refractivity contribution in [1.82, 2.24) is 0 Å². The Balaban J connectivity index is 0.00000220. The lowest BCUT2D eigenvalue weighted by molar-refractivity contribution is 0.328. The van der Waals surface area contributed by atoms with Crippen LogP contribution in [0.2, 0.25) is 0 Å². The average molecular weight is 312 g/mol. The van der Waals surface area contributed by atoms with Gasteiger partial charge in [0.1, 0.15) is 5.75 Å². The van der Waals surface area contributed by atoms with Gasteiger partial charge in [-0.05, 0) is 55.7 Å². The number of hydrogen-bond donors (Lipinski definition) is 1. The molecule has 21 heavy (non-hydrogen) atoms. The Morgan fingerprint density at radius 1 is 1.19 bits per heavy atom. The SMILES string of the molecule is CCOc1ccc(CC(N)CC)cc1C1CCCCC1.Cl. The molecule has 1 aromatic carbocycles. The van der Waals surface area contributed by atoms with Crippen LogP contribution >= 0.6 is 12.4 Å². The normalized spacial score (nSPS) is 17.1. The molecule has 1 atom stereocenters. The Kier molecular flexibility index (Phi) is 8.13. The number of halogens is 1. The maximum atomic E-state index is 6.10. The number of rotatable bonds is 6. The van der Waals surface area contributed by atoms with Crippen molar-refractivity contribution in [3.05, 3.63) is 29.3 Å². The minimum absolute atomic E-state index is 0. The van der Waals surface area contributed by atoms with Gasteiger partial charge in [-0.25, -0.2) is 0 Å². The molecule has 2 nitrogen and oxygen atoms in total. The molecule has 120 valence electrons. The molecule has 0 radical (unpaired) electrons. The van der Waals surface area contributed by atoms with Crippen molar-refractivity contribution in [3.8, 4) is 5.75 Å². The van der Waals surface area contributed by atoms with Crippen LogP contribution in [0.25, 0.3) is 0 Å². The van der Waals surface area contributed by atoms with Crippen molar-refractivity contribution in [2.75, 3.05) is 6.61 Å². The molecular formula is C18H30ClNO. The molecule has 3 heteroatoms. The summed E-state index contributed by atoms with van der Waals surface area (Å²) >= 11 is 0.